The highest BCUT2D eigenvalue weighted by atomic mass is 127. The minimum atomic E-state index is -0.306. The average molecular weight is 371 g/mol. The van der Waals surface area contributed by atoms with Crippen molar-refractivity contribution in [3.63, 3.8) is 0 Å². The van der Waals surface area contributed by atoms with Crippen LogP contribution in [0.25, 0.3) is 0 Å². The lowest BCUT2D eigenvalue weighted by atomic mass is 10.1. The van der Waals surface area contributed by atoms with Crippen molar-refractivity contribution in [2.24, 2.45) is 0 Å². The molecule has 0 unspecified atom stereocenters. The Kier molecular flexibility index (Phi) is 6.69. The Morgan fingerprint density at radius 3 is 2.53 bits per heavy atom. The highest BCUT2D eigenvalue weighted by Gasteiger charge is 2.23. The van der Waals surface area contributed by atoms with Gasteiger partial charge >= 0.3 is 0 Å². The predicted octanol–water partition coefficient (Wildman–Crippen LogP) is 2.63. The smallest absolute Gasteiger partial charge is 0.109 e. The maximum atomic E-state index is 13.2. The van der Waals surface area contributed by atoms with E-state index in [1.165, 1.54) is 0 Å². The molecule has 1 heterocycles. The van der Waals surface area contributed by atoms with Crippen LogP contribution in [0.5, 0.6) is 0 Å². The van der Waals surface area contributed by atoms with Gasteiger partial charge in [0, 0.05) is 29.7 Å². The summed E-state index contributed by atoms with van der Waals surface area (Å²) < 4.78 is 14.4. The van der Waals surface area contributed by atoms with Gasteiger partial charge in [-0.25, -0.2) is 4.39 Å². The molecule has 1 N–H and O–H groups in total. The van der Waals surface area contributed by atoms with Crippen LogP contribution in [0.1, 0.15) is 11.6 Å². The fourth-order valence-corrected chi connectivity index (χ4v) is 2.86. The molecule has 1 aromatic carbocycles. The third kappa shape index (κ3) is 3.77. The van der Waals surface area contributed by atoms with E-state index in [-0.39, 0.29) is 25.1 Å². The number of nitrogens with zero attached hydrogens (tertiary/aromatic N) is 1. The molecule has 1 saturated heterocycles. The summed E-state index contributed by atoms with van der Waals surface area (Å²) >= 11 is 2.29. The zero-order valence-corrected chi connectivity index (χ0v) is 12.5. The molecule has 0 radical (unpaired) electrons. The van der Waals surface area contributed by atoms with E-state index in [4.69, 9.17) is 0 Å². The summed E-state index contributed by atoms with van der Waals surface area (Å²) in [4.78, 5) is 2.23. The summed E-state index contributed by atoms with van der Waals surface area (Å²) in [6, 6.07) is 7.99. The molecule has 0 bridgehead atoms. The average Bonchev–Trinajstić information content (AvgIpc) is 2.34. The first-order valence-electron chi connectivity index (χ1n) is 5.58. The van der Waals surface area contributed by atoms with Gasteiger partial charge in [0.2, 0.25) is 0 Å². The molecule has 17 heavy (non-hydrogen) atoms. The van der Waals surface area contributed by atoms with Crippen LogP contribution < -0.4 is 5.32 Å². The van der Waals surface area contributed by atoms with Crippen LogP contribution in [0.15, 0.2) is 24.3 Å². The van der Waals surface area contributed by atoms with Gasteiger partial charge in [0.25, 0.3) is 0 Å². The van der Waals surface area contributed by atoms with Gasteiger partial charge in [0.05, 0.1) is 6.04 Å². The van der Waals surface area contributed by atoms with Gasteiger partial charge in [0.15, 0.2) is 0 Å². The highest BCUT2D eigenvalue weighted by Crippen LogP contribution is 2.25. The van der Waals surface area contributed by atoms with Crippen molar-refractivity contribution in [2.75, 3.05) is 32.9 Å². The second kappa shape index (κ2) is 7.51. The number of rotatable bonds is 3. The summed E-state index contributed by atoms with van der Waals surface area (Å²) in [6.45, 7) is 3.47. The SMILES string of the molecule is Cl.FC[C@@H](c1ccccc1I)N1CCNCC1. The van der Waals surface area contributed by atoms with Gasteiger partial charge in [-0.15, -0.1) is 12.4 Å². The molecule has 5 heteroatoms. The summed E-state index contributed by atoms with van der Waals surface area (Å²) in [7, 11) is 0. The molecule has 1 aliphatic rings. The highest BCUT2D eigenvalue weighted by molar-refractivity contribution is 14.1. The quantitative estimate of drug-likeness (QED) is 0.823. The maximum Gasteiger partial charge on any atom is 0.109 e. The minimum absolute atomic E-state index is 0. The number of hydrogen-bond donors (Lipinski definition) is 1. The van der Waals surface area contributed by atoms with Crippen molar-refractivity contribution < 1.29 is 4.39 Å². The van der Waals surface area contributed by atoms with Crippen LogP contribution in [0.2, 0.25) is 0 Å². The molecule has 96 valence electrons. The number of piperazine rings is 1. The number of alkyl halides is 1. The van der Waals surface area contributed by atoms with E-state index >= 15 is 0 Å². The number of nitrogens with one attached hydrogen (secondary N) is 1. The van der Waals surface area contributed by atoms with Gasteiger partial charge in [-0.2, -0.15) is 0 Å². The maximum absolute atomic E-state index is 13.2. The van der Waals surface area contributed by atoms with E-state index in [2.05, 4.69) is 32.8 Å². The third-order valence-electron chi connectivity index (χ3n) is 3.00. The van der Waals surface area contributed by atoms with Crippen molar-refractivity contribution in [2.45, 2.75) is 6.04 Å². The molecule has 0 spiro atoms. The molecule has 2 rings (SSSR count). The van der Waals surface area contributed by atoms with Crippen LogP contribution >= 0.6 is 35.0 Å². The summed E-state index contributed by atoms with van der Waals surface area (Å²) in [5.74, 6) is 0. The van der Waals surface area contributed by atoms with E-state index in [1.54, 1.807) is 0 Å². The predicted molar refractivity (Wildman–Crippen MR) is 79.6 cm³/mol. The van der Waals surface area contributed by atoms with Gasteiger partial charge in [-0.1, -0.05) is 18.2 Å². The molecule has 0 saturated carbocycles. The Balaban J connectivity index is 0.00000144. The fourth-order valence-electron chi connectivity index (χ4n) is 2.12. The molecule has 1 aliphatic heterocycles. The van der Waals surface area contributed by atoms with Gasteiger partial charge < -0.3 is 5.32 Å². The van der Waals surface area contributed by atoms with E-state index in [0.29, 0.717) is 0 Å². The molecule has 0 aromatic heterocycles. The fraction of sp³-hybridized carbons (Fsp3) is 0.500. The van der Waals surface area contributed by atoms with Crippen molar-refractivity contribution in [1.82, 2.24) is 10.2 Å². The van der Waals surface area contributed by atoms with E-state index in [1.807, 2.05) is 24.3 Å². The molecule has 1 fully saturated rings. The van der Waals surface area contributed by atoms with Crippen LogP contribution in [0, 0.1) is 3.57 Å². The topological polar surface area (TPSA) is 15.3 Å². The summed E-state index contributed by atoms with van der Waals surface area (Å²) in [5, 5.41) is 3.29. The van der Waals surface area contributed by atoms with E-state index < -0.39 is 0 Å². The Morgan fingerprint density at radius 1 is 1.29 bits per heavy atom. The zero-order valence-electron chi connectivity index (χ0n) is 9.53. The lowest BCUT2D eigenvalue weighted by molar-refractivity contribution is 0.147. The Labute approximate surface area is 122 Å². The molecule has 2 nitrogen and oxygen atoms in total. The summed E-state index contributed by atoms with van der Waals surface area (Å²) in [5.41, 5.74) is 1.12. The third-order valence-corrected chi connectivity index (χ3v) is 3.99. The van der Waals surface area contributed by atoms with Crippen molar-refractivity contribution in [3.05, 3.63) is 33.4 Å². The second-order valence-electron chi connectivity index (χ2n) is 3.98. The monoisotopic (exact) mass is 370 g/mol. The number of hydrogen-bond acceptors (Lipinski definition) is 2. The van der Waals surface area contributed by atoms with Crippen LogP contribution in [-0.4, -0.2) is 37.8 Å². The lowest BCUT2D eigenvalue weighted by Gasteiger charge is -2.34. The van der Waals surface area contributed by atoms with Crippen LogP contribution in [-0.2, 0) is 0 Å². The minimum Gasteiger partial charge on any atom is -0.314 e. The molecular formula is C12H17ClFIN2. The van der Waals surface area contributed by atoms with Gasteiger partial charge in [-0.3, -0.25) is 4.90 Å². The molecular weight excluding hydrogens is 354 g/mol. The lowest BCUT2D eigenvalue weighted by Crippen LogP contribution is -2.45. The van der Waals surface area contributed by atoms with Crippen LogP contribution in [0.3, 0.4) is 0 Å². The zero-order chi connectivity index (χ0) is 11.4. The van der Waals surface area contributed by atoms with E-state index in [0.717, 1.165) is 35.3 Å². The molecule has 0 aliphatic carbocycles. The number of halogens is 3. The van der Waals surface area contributed by atoms with Crippen molar-refractivity contribution in [3.8, 4) is 0 Å². The van der Waals surface area contributed by atoms with Crippen molar-refractivity contribution in [1.29, 1.82) is 0 Å². The van der Waals surface area contributed by atoms with Crippen LogP contribution in [0.4, 0.5) is 4.39 Å². The standard InChI is InChI=1S/C12H16FIN2.ClH/c13-9-12(16-7-5-15-6-8-16)10-3-1-2-4-11(10)14;/h1-4,12,15H,5-9H2;1H/t12-;/m0./s1. The second-order valence-corrected chi connectivity index (χ2v) is 5.14. The first kappa shape index (κ1) is 15.1. The Morgan fingerprint density at radius 2 is 1.94 bits per heavy atom. The normalized spacial score (nSPS) is 18.5. The Hall–Kier alpha value is 0.0900. The van der Waals surface area contributed by atoms with Gasteiger partial charge in [0.1, 0.15) is 6.67 Å². The Bertz CT molecular complexity index is 345. The number of benzene rings is 1. The van der Waals surface area contributed by atoms with Gasteiger partial charge in [-0.05, 0) is 34.2 Å². The van der Waals surface area contributed by atoms with Crippen molar-refractivity contribution >= 4 is 35.0 Å². The first-order valence-corrected chi connectivity index (χ1v) is 6.66. The largest absolute Gasteiger partial charge is 0.314 e. The van der Waals surface area contributed by atoms with E-state index in [9.17, 15) is 4.39 Å². The molecule has 1 atom stereocenters. The molecule has 1 aromatic rings. The summed E-state index contributed by atoms with van der Waals surface area (Å²) in [6.07, 6.45) is 0. The first-order chi connectivity index (χ1) is 7.83. The molecule has 0 amide bonds.